The van der Waals surface area contributed by atoms with E-state index >= 15 is 0 Å². The summed E-state index contributed by atoms with van der Waals surface area (Å²) >= 11 is 0. The van der Waals surface area contributed by atoms with Gasteiger partial charge in [0.2, 0.25) is 0 Å². The second-order valence-corrected chi connectivity index (χ2v) is 5.08. The molecule has 2 saturated heterocycles. The van der Waals surface area contributed by atoms with Gasteiger partial charge >= 0.3 is 0 Å². The summed E-state index contributed by atoms with van der Waals surface area (Å²) in [5.41, 5.74) is 0. The Hall–Kier alpha value is -0.160. The zero-order valence-electron chi connectivity index (χ0n) is 10.2. The summed E-state index contributed by atoms with van der Waals surface area (Å²) in [6.45, 7) is 9.51. The fourth-order valence-electron chi connectivity index (χ4n) is 2.81. The van der Waals surface area contributed by atoms with Gasteiger partial charge in [0.05, 0.1) is 6.61 Å². The second kappa shape index (κ2) is 6.55. The van der Waals surface area contributed by atoms with Gasteiger partial charge in [-0.3, -0.25) is 4.90 Å². The van der Waals surface area contributed by atoms with Gasteiger partial charge in [-0.15, -0.1) is 0 Å². The lowest BCUT2D eigenvalue weighted by Crippen LogP contribution is -2.35. The lowest BCUT2D eigenvalue weighted by Gasteiger charge is -2.23. The Morgan fingerprint density at radius 1 is 1.12 bits per heavy atom. The Kier molecular flexibility index (Phi) is 5.03. The largest absolute Gasteiger partial charge is 0.395 e. The molecule has 16 heavy (non-hydrogen) atoms. The van der Waals surface area contributed by atoms with Crippen molar-refractivity contribution in [1.29, 1.82) is 0 Å². The Morgan fingerprint density at radius 3 is 2.69 bits per heavy atom. The molecule has 94 valence electrons. The molecule has 2 fully saturated rings. The molecule has 2 heterocycles. The van der Waals surface area contributed by atoms with Gasteiger partial charge in [0.1, 0.15) is 0 Å². The highest BCUT2D eigenvalue weighted by Gasteiger charge is 2.20. The molecule has 1 atom stereocenters. The van der Waals surface area contributed by atoms with E-state index in [-0.39, 0.29) is 0 Å². The maximum Gasteiger partial charge on any atom is 0.0558 e. The standard InChI is InChI=1S/C12H25N3O/c16-9-8-14-4-1-5-15(7-6-14)11-12-2-3-13-10-12/h12-13,16H,1-11H2. The number of nitrogens with one attached hydrogen (secondary N) is 1. The van der Waals surface area contributed by atoms with Gasteiger partial charge in [0.15, 0.2) is 0 Å². The van der Waals surface area contributed by atoms with Crippen molar-refractivity contribution in [1.82, 2.24) is 15.1 Å². The average molecular weight is 227 g/mol. The molecule has 4 heteroatoms. The smallest absolute Gasteiger partial charge is 0.0558 e. The Balaban J connectivity index is 1.70. The number of hydrogen-bond acceptors (Lipinski definition) is 4. The van der Waals surface area contributed by atoms with Crippen LogP contribution in [-0.4, -0.2) is 73.9 Å². The fraction of sp³-hybridized carbons (Fsp3) is 1.00. The van der Waals surface area contributed by atoms with Crippen molar-refractivity contribution >= 4 is 0 Å². The van der Waals surface area contributed by atoms with E-state index in [4.69, 9.17) is 5.11 Å². The van der Waals surface area contributed by atoms with Gasteiger partial charge < -0.3 is 15.3 Å². The van der Waals surface area contributed by atoms with E-state index in [0.29, 0.717) is 6.61 Å². The van der Waals surface area contributed by atoms with E-state index < -0.39 is 0 Å². The van der Waals surface area contributed by atoms with E-state index in [1.54, 1.807) is 0 Å². The van der Waals surface area contributed by atoms with Crippen molar-refractivity contribution in [3.05, 3.63) is 0 Å². The van der Waals surface area contributed by atoms with Crippen LogP contribution >= 0.6 is 0 Å². The van der Waals surface area contributed by atoms with Crippen LogP contribution in [0.4, 0.5) is 0 Å². The monoisotopic (exact) mass is 227 g/mol. The third-order valence-corrected chi connectivity index (χ3v) is 3.78. The molecule has 0 radical (unpaired) electrons. The van der Waals surface area contributed by atoms with Gasteiger partial charge in [-0.25, -0.2) is 0 Å². The summed E-state index contributed by atoms with van der Waals surface area (Å²) < 4.78 is 0. The van der Waals surface area contributed by atoms with Crippen LogP contribution in [0.1, 0.15) is 12.8 Å². The predicted octanol–water partition coefficient (Wildman–Crippen LogP) is -0.404. The molecule has 0 aromatic carbocycles. The summed E-state index contributed by atoms with van der Waals surface area (Å²) in [5, 5.41) is 12.4. The lowest BCUT2D eigenvalue weighted by molar-refractivity contribution is 0.193. The first-order valence-corrected chi connectivity index (χ1v) is 6.65. The fourth-order valence-corrected chi connectivity index (χ4v) is 2.81. The first kappa shape index (κ1) is 12.3. The lowest BCUT2D eigenvalue weighted by atomic mass is 10.1. The van der Waals surface area contributed by atoms with Crippen molar-refractivity contribution in [3.63, 3.8) is 0 Å². The van der Waals surface area contributed by atoms with Crippen LogP contribution in [0.3, 0.4) is 0 Å². The number of aliphatic hydroxyl groups excluding tert-OH is 1. The highest BCUT2D eigenvalue weighted by molar-refractivity contribution is 4.77. The molecule has 0 aromatic rings. The van der Waals surface area contributed by atoms with Gasteiger partial charge in [-0.1, -0.05) is 0 Å². The first-order chi connectivity index (χ1) is 7.88. The molecule has 2 aliphatic rings. The SMILES string of the molecule is OCCN1CCCN(CC2CCNC2)CC1. The van der Waals surface area contributed by atoms with E-state index in [9.17, 15) is 0 Å². The molecule has 0 aromatic heterocycles. The molecule has 2 rings (SSSR count). The zero-order valence-corrected chi connectivity index (χ0v) is 10.2. The highest BCUT2D eigenvalue weighted by atomic mass is 16.3. The van der Waals surface area contributed by atoms with E-state index in [0.717, 1.165) is 25.6 Å². The van der Waals surface area contributed by atoms with Crippen LogP contribution in [0.25, 0.3) is 0 Å². The minimum atomic E-state index is 0.298. The van der Waals surface area contributed by atoms with Crippen LogP contribution in [-0.2, 0) is 0 Å². The van der Waals surface area contributed by atoms with Crippen molar-refractivity contribution in [2.75, 3.05) is 59.0 Å². The summed E-state index contributed by atoms with van der Waals surface area (Å²) in [6, 6.07) is 0. The molecule has 0 saturated carbocycles. The van der Waals surface area contributed by atoms with E-state index in [1.165, 1.54) is 45.6 Å². The molecular formula is C12H25N3O. The third-order valence-electron chi connectivity index (χ3n) is 3.78. The second-order valence-electron chi connectivity index (χ2n) is 5.08. The zero-order chi connectivity index (χ0) is 11.2. The number of rotatable bonds is 4. The summed E-state index contributed by atoms with van der Waals surface area (Å²) in [5.74, 6) is 0.865. The first-order valence-electron chi connectivity index (χ1n) is 6.65. The van der Waals surface area contributed by atoms with E-state index in [1.807, 2.05) is 0 Å². The van der Waals surface area contributed by atoms with Gasteiger partial charge in [0, 0.05) is 26.2 Å². The van der Waals surface area contributed by atoms with Gasteiger partial charge in [0.25, 0.3) is 0 Å². The third kappa shape index (κ3) is 3.70. The highest BCUT2D eigenvalue weighted by Crippen LogP contribution is 2.11. The summed E-state index contributed by atoms with van der Waals surface area (Å²) in [7, 11) is 0. The van der Waals surface area contributed by atoms with Crippen LogP contribution in [0, 0.1) is 5.92 Å². The Bertz CT molecular complexity index is 195. The molecule has 2 aliphatic heterocycles. The number of β-amino-alcohol motifs (C(OH)–C–C–N with tert-alkyl or cyclic N) is 1. The minimum Gasteiger partial charge on any atom is -0.395 e. The molecule has 4 nitrogen and oxygen atoms in total. The molecule has 2 N–H and O–H groups in total. The van der Waals surface area contributed by atoms with Crippen LogP contribution in [0.5, 0.6) is 0 Å². The Morgan fingerprint density at radius 2 is 1.94 bits per heavy atom. The maximum atomic E-state index is 8.94. The molecular weight excluding hydrogens is 202 g/mol. The predicted molar refractivity (Wildman–Crippen MR) is 65.6 cm³/mol. The Labute approximate surface area is 98.6 Å². The molecule has 0 amide bonds. The van der Waals surface area contributed by atoms with Gasteiger partial charge in [-0.05, 0) is 44.9 Å². The van der Waals surface area contributed by atoms with Crippen molar-refractivity contribution in [3.8, 4) is 0 Å². The van der Waals surface area contributed by atoms with Gasteiger partial charge in [-0.2, -0.15) is 0 Å². The van der Waals surface area contributed by atoms with E-state index in [2.05, 4.69) is 15.1 Å². The molecule has 1 unspecified atom stereocenters. The van der Waals surface area contributed by atoms with Crippen molar-refractivity contribution in [2.45, 2.75) is 12.8 Å². The van der Waals surface area contributed by atoms with Crippen LogP contribution in [0.15, 0.2) is 0 Å². The molecule has 0 bridgehead atoms. The molecule has 0 aliphatic carbocycles. The number of aliphatic hydroxyl groups is 1. The maximum absolute atomic E-state index is 8.94. The topological polar surface area (TPSA) is 38.7 Å². The average Bonchev–Trinajstić information content (AvgIpc) is 2.68. The summed E-state index contributed by atoms with van der Waals surface area (Å²) in [6.07, 6.45) is 2.59. The quantitative estimate of drug-likeness (QED) is 0.685. The van der Waals surface area contributed by atoms with Crippen LogP contribution < -0.4 is 5.32 Å². The number of nitrogens with zero attached hydrogens (tertiary/aromatic N) is 2. The number of hydrogen-bond donors (Lipinski definition) is 2. The van der Waals surface area contributed by atoms with Crippen molar-refractivity contribution < 1.29 is 5.11 Å². The van der Waals surface area contributed by atoms with Crippen LogP contribution in [0.2, 0.25) is 0 Å². The normalized spacial score (nSPS) is 29.4. The molecule has 0 spiro atoms. The minimum absolute atomic E-state index is 0.298. The van der Waals surface area contributed by atoms with Crippen molar-refractivity contribution in [2.24, 2.45) is 5.92 Å². The summed E-state index contributed by atoms with van der Waals surface area (Å²) in [4.78, 5) is 4.99.